The Bertz CT molecular complexity index is 886. The second-order valence-electron chi connectivity index (χ2n) is 11.3. The van der Waals surface area contributed by atoms with Crippen LogP contribution in [0, 0.1) is 17.8 Å². The minimum Gasteiger partial charge on any atom is -0.465 e. The van der Waals surface area contributed by atoms with Crippen LogP contribution in [-0.2, 0) is 23.9 Å². The monoisotopic (exact) mass is 516 g/mol. The van der Waals surface area contributed by atoms with Crippen molar-refractivity contribution in [2.45, 2.75) is 101 Å². The van der Waals surface area contributed by atoms with E-state index in [0.29, 0.717) is 25.8 Å². The van der Waals surface area contributed by atoms with Crippen molar-refractivity contribution in [2.75, 3.05) is 19.8 Å². The Kier molecular flexibility index (Phi) is 8.79. The molecular weight excluding hydrogens is 472 g/mol. The third-order valence-corrected chi connectivity index (χ3v) is 9.28. The van der Waals surface area contributed by atoms with Crippen molar-refractivity contribution in [3.8, 4) is 0 Å². The summed E-state index contributed by atoms with van der Waals surface area (Å²) >= 11 is 0. The molecule has 4 aliphatic rings. The molecule has 2 bridgehead atoms. The largest absolute Gasteiger partial charge is 0.465 e. The van der Waals surface area contributed by atoms with Crippen molar-refractivity contribution in [3.05, 3.63) is 25.3 Å². The van der Waals surface area contributed by atoms with E-state index < -0.39 is 41.6 Å². The number of nitrogens with zero attached hydrogens (tertiary/aromatic N) is 2. The van der Waals surface area contributed by atoms with Crippen molar-refractivity contribution in [1.82, 2.24) is 9.80 Å². The summed E-state index contributed by atoms with van der Waals surface area (Å²) in [5.74, 6) is -2.42. The fourth-order valence-electron chi connectivity index (χ4n) is 7.26. The Hall–Kier alpha value is -2.19. The van der Waals surface area contributed by atoms with E-state index in [1.165, 1.54) is 0 Å². The van der Waals surface area contributed by atoms with Crippen molar-refractivity contribution in [3.63, 3.8) is 0 Å². The molecule has 0 aromatic carbocycles. The predicted octanol–water partition coefficient (Wildman–Crippen LogP) is 3.23. The third kappa shape index (κ3) is 4.76. The van der Waals surface area contributed by atoms with Gasteiger partial charge in [0.05, 0.1) is 37.2 Å². The topological polar surface area (TPSA) is 96.4 Å². The van der Waals surface area contributed by atoms with E-state index in [-0.39, 0.29) is 37.0 Å². The smallest absolute Gasteiger partial charge is 0.312 e. The molecule has 2 amide bonds. The summed E-state index contributed by atoms with van der Waals surface area (Å²) < 4.78 is 12.1. The van der Waals surface area contributed by atoms with Crippen LogP contribution in [0.2, 0.25) is 0 Å². The molecule has 3 heterocycles. The minimum absolute atomic E-state index is 0.0304. The summed E-state index contributed by atoms with van der Waals surface area (Å²) in [6.45, 7) is 11.9. The first kappa shape index (κ1) is 27.8. The predicted molar refractivity (Wildman–Crippen MR) is 139 cm³/mol. The number of aliphatic hydroxyl groups is 1. The van der Waals surface area contributed by atoms with Crippen LogP contribution < -0.4 is 0 Å². The maximum atomic E-state index is 14.5. The molecule has 37 heavy (non-hydrogen) atoms. The zero-order chi connectivity index (χ0) is 26.7. The molecule has 8 nitrogen and oxygen atoms in total. The van der Waals surface area contributed by atoms with Crippen molar-refractivity contribution >= 4 is 17.8 Å². The Morgan fingerprint density at radius 3 is 2.59 bits per heavy atom. The third-order valence-electron chi connectivity index (χ3n) is 9.28. The zero-order valence-electron chi connectivity index (χ0n) is 22.5. The first-order valence-corrected chi connectivity index (χ1v) is 14.2. The standard InChI is InChI=1S/C29H44N2O6/c1-5-8-17-36-28(35)23-22-14-15-29(37-22)24(23)26(33)31(21(18-32)19(4)7-3)25(29)27(34)30(16-6-2)20-12-10-9-11-13-20/h5-6,19-25,32H,1-2,7-18H2,3-4H3/t19-,21-,22-,23+,24-,25?,29?/m0/s1. The van der Waals surface area contributed by atoms with Gasteiger partial charge in [0.1, 0.15) is 11.6 Å². The number of rotatable bonds is 12. The molecule has 4 rings (SSSR count). The highest BCUT2D eigenvalue weighted by Crippen LogP contribution is 2.59. The Labute approximate surface area is 221 Å². The van der Waals surface area contributed by atoms with Gasteiger partial charge in [-0.3, -0.25) is 14.4 Å². The molecule has 0 aromatic heterocycles. The van der Waals surface area contributed by atoms with Crippen LogP contribution in [0.25, 0.3) is 0 Å². The van der Waals surface area contributed by atoms with Crippen LogP contribution in [0.4, 0.5) is 0 Å². The molecule has 2 unspecified atom stereocenters. The van der Waals surface area contributed by atoms with Crippen LogP contribution in [0.3, 0.4) is 0 Å². The van der Waals surface area contributed by atoms with E-state index in [0.717, 1.165) is 38.5 Å². The molecule has 0 aromatic rings. The van der Waals surface area contributed by atoms with E-state index in [9.17, 15) is 19.5 Å². The second-order valence-corrected chi connectivity index (χ2v) is 11.3. The fourth-order valence-corrected chi connectivity index (χ4v) is 7.26. The van der Waals surface area contributed by atoms with Crippen LogP contribution >= 0.6 is 0 Å². The van der Waals surface area contributed by atoms with Crippen molar-refractivity contribution in [1.29, 1.82) is 0 Å². The lowest BCUT2D eigenvalue weighted by molar-refractivity contribution is -0.157. The van der Waals surface area contributed by atoms with Gasteiger partial charge in [-0.1, -0.05) is 51.7 Å². The number of carbonyl (C=O) groups excluding carboxylic acids is 3. The summed E-state index contributed by atoms with van der Waals surface area (Å²) in [6.07, 6.45) is 10.5. The number of carbonyl (C=O) groups is 3. The van der Waals surface area contributed by atoms with Gasteiger partial charge in [0.15, 0.2) is 0 Å². The van der Waals surface area contributed by atoms with E-state index >= 15 is 0 Å². The van der Waals surface area contributed by atoms with Gasteiger partial charge < -0.3 is 24.4 Å². The summed E-state index contributed by atoms with van der Waals surface area (Å²) in [4.78, 5) is 45.5. The highest BCUT2D eigenvalue weighted by Gasteiger charge is 2.75. The first-order valence-electron chi connectivity index (χ1n) is 14.2. The summed E-state index contributed by atoms with van der Waals surface area (Å²) in [5.41, 5.74) is -1.09. The lowest BCUT2D eigenvalue weighted by Gasteiger charge is -2.43. The number of hydrogen-bond donors (Lipinski definition) is 1. The van der Waals surface area contributed by atoms with E-state index in [2.05, 4.69) is 13.2 Å². The molecule has 1 aliphatic carbocycles. The second kappa shape index (κ2) is 11.7. The number of aliphatic hydroxyl groups excluding tert-OH is 1. The molecule has 7 atom stereocenters. The Morgan fingerprint density at radius 1 is 1.24 bits per heavy atom. The lowest BCUT2D eigenvalue weighted by Crippen LogP contribution is -2.61. The zero-order valence-corrected chi connectivity index (χ0v) is 22.5. The average Bonchev–Trinajstić information content (AvgIpc) is 3.55. The highest BCUT2D eigenvalue weighted by atomic mass is 16.6. The van der Waals surface area contributed by atoms with Crippen LogP contribution in [0.1, 0.15) is 71.6 Å². The molecule has 4 fully saturated rings. The molecule has 3 saturated heterocycles. The number of fused-ring (bicyclic) bond motifs is 1. The molecule has 206 valence electrons. The molecule has 1 N–H and O–H groups in total. The molecule has 3 aliphatic heterocycles. The average molecular weight is 517 g/mol. The van der Waals surface area contributed by atoms with Gasteiger partial charge in [-0.15, -0.1) is 13.2 Å². The highest BCUT2D eigenvalue weighted by molar-refractivity contribution is 5.98. The summed E-state index contributed by atoms with van der Waals surface area (Å²) in [6, 6.07) is -1.33. The number of esters is 1. The number of hydrogen-bond acceptors (Lipinski definition) is 6. The van der Waals surface area contributed by atoms with Gasteiger partial charge in [0.25, 0.3) is 0 Å². The molecule has 1 spiro atoms. The number of likely N-dealkylation sites (tertiary alicyclic amines) is 1. The molecule has 1 saturated carbocycles. The first-order chi connectivity index (χ1) is 17.9. The van der Waals surface area contributed by atoms with Gasteiger partial charge in [0.2, 0.25) is 11.8 Å². The van der Waals surface area contributed by atoms with Gasteiger partial charge in [-0.25, -0.2) is 0 Å². The fraction of sp³-hybridized carbons (Fsp3) is 0.759. The molecule has 8 heteroatoms. The molecular formula is C29H44N2O6. The molecule has 0 radical (unpaired) electrons. The van der Waals surface area contributed by atoms with Gasteiger partial charge >= 0.3 is 5.97 Å². The van der Waals surface area contributed by atoms with Crippen molar-refractivity contribution < 1.29 is 29.0 Å². The van der Waals surface area contributed by atoms with Crippen LogP contribution in [0.15, 0.2) is 25.3 Å². The number of amides is 2. The van der Waals surface area contributed by atoms with Crippen LogP contribution in [-0.4, -0.2) is 82.3 Å². The van der Waals surface area contributed by atoms with Crippen LogP contribution in [0.5, 0.6) is 0 Å². The van der Waals surface area contributed by atoms with Gasteiger partial charge in [-0.05, 0) is 38.0 Å². The maximum absolute atomic E-state index is 14.5. The minimum atomic E-state index is -1.09. The van der Waals surface area contributed by atoms with Gasteiger partial charge in [0, 0.05) is 12.6 Å². The summed E-state index contributed by atoms with van der Waals surface area (Å²) in [5, 5.41) is 10.5. The van der Waals surface area contributed by atoms with Gasteiger partial charge in [-0.2, -0.15) is 0 Å². The van der Waals surface area contributed by atoms with Crippen molar-refractivity contribution in [2.24, 2.45) is 17.8 Å². The normalized spacial score (nSPS) is 32.6. The summed E-state index contributed by atoms with van der Waals surface area (Å²) in [7, 11) is 0. The quantitative estimate of drug-likeness (QED) is 0.243. The van der Waals surface area contributed by atoms with E-state index in [1.54, 1.807) is 17.1 Å². The van der Waals surface area contributed by atoms with E-state index in [4.69, 9.17) is 9.47 Å². The Balaban J connectivity index is 1.74. The number of ether oxygens (including phenoxy) is 2. The lowest BCUT2D eigenvalue weighted by atomic mass is 9.70. The Morgan fingerprint density at radius 2 is 1.97 bits per heavy atom. The van der Waals surface area contributed by atoms with E-state index in [1.807, 2.05) is 18.7 Å². The maximum Gasteiger partial charge on any atom is 0.312 e. The SMILES string of the molecule is C=CCCOC(=O)[C@@H]1[C@@H]2CCC3(O2)C(C(=O)N(CC=C)C2CCCCC2)N([C@@H](CO)[C@@H](C)CC)C(=O)[C@H]13.